The van der Waals surface area contributed by atoms with Crippen molar-refractivity contribution in [1.29, 1.82) is 0 Å². The van der Waals surface area contributed by atoms with Gasteiger partial charge >= 0.3 is 6.03 Å². The van der Waals surface area contributed by atoms with E-state index in [4.69, 9.17) is 21.1 Å². The van der Waals surface area contributed by atoms with Gasteiger partial charge in [0, 0.05) is 19.6 Å². The second kappa shape index (κ2) is 8.17. The van der Waals surface area contributed by atoms with Gasteiger partial charge in [-0.2, -0.15) is 0 Å². The zero-order valence-corrected chi connectivity index (χ0v) is 15.8. The zero-order chi connectivity index (χ0) is 17.8. The molecule has 2 aliphatic rings. The molecular formula is C19H27ClN2O3. The summed E-state index contributed by atoms with van der Waals surface area (Å²) in [6.07, 6.45) is 5.32. The summed E-state index contributed by atoms with van der Waals surface area (Å²) in [5.41, 5.74) is 1.03. The van der Waals surface area contributed by atoms with E-state index in [0.717, 1.165) is 24.3 Å². The molecule has 1 aliphatic carbocycles. The second-order valence-corrected chi connectivity index (χ2v) is 7.52. The average Bonchev–Trinajstić information content (AvgIpc) is 2.62. The Hall–Kier alpha value is -1.62. The summed E-state index contributed by atoms with van der Waals surface area (Å²) in [5.74, 6) is 2.09. The fourth-order valence-corrected chi connectivity index (χ4v) is 3.83. The van der Waals surface area contributed by atoms with Gasteiger partial charge < -0.3 is 19.7 Å². The molecule has 0 radical (unpaired) electrons. The van der Waals surface area contributed by atoms with Gasteiger partial charge in [-0.05, 0) is 55.7 Å². The standard InChI is InChI=1S/C19H27ClN2O3/c1-13-3-5-15(6-4-13)22(2)19(23)21-8-7-14-11-16(20)18-17(12-14)24-9-10-25-18/h11-13,15H,3-10H2,1-2H3,(H,21,23). The molecule has 1 heterocycles. The smallest absolute Gasteiger partial charge is 0.317 e. The van der Waals surface area contributed by atoms with Crippen molar-refractivity contribution < 1.29 is 14.3 Å². The molecule has 6 heteroatoms. The monoisotopic (exact) mass is 366 g/mol. The number of halogens is 1. The Kier molecular flexibility index (Phi) is 5.94. The van der Waals surface area contributed by atoms with Crippen molar-refractivity contribution in [1.82, 2.24) is 10.2 Å². The number of carbonyl (C=O) groups excluding carboxylic acids is 1. The summed E-state index contributed by atoms with van der Waals surface area (Å²) in [6, 6.07) is 4.19. The zero-order valence-electron chi connectivity index (χ0n) is 15.0. The highest BCUT2D eigenvalue weighted by Crippen LogP contribution is 2.38. The molecule has 5 nitrogen and oxygen atoms in total. The van der Waals surface area contributed by atoms with Gasteiger partial charge in [0.15, 0.2) is 11.5 Å². The number of hydrogen-bond donors (Lipinski definition) is 1. The van der Waals surface area contributed by atoms with Gasteiger partial charge in [0.1, 0.15) is 13.2 Å². The number of rotatable bonds is 4. The quantitative estimate of drug-likeness (QED) is 0.879. The lowest BCUT2D eigenvalue weighted by Crippen LogP contribution is -2.45. The van der Waals surface area contributed by atoms with Crippen LogP contribution in [-0.2, 0) is 6.42 Å². The molecule has 0 atom stereocenters. The first-order chi connectivity index (χ1) is 12.0. The average molecular weight is 367 g/mol. The molecular weight excluding hydrogens is 340 g/mol. The molecule has 0 bridgehead atoms. The SMILES string of the molecule is CC1CCC(N(C)C(=O)NCCc2cc(Cl)c3c(c2)OCCO3)CC1. The van der Waals surface area contributed by atoms with E-state index >= 15 is 0 Å². The first-order valence-electron chi connectivity index (χ1n) is 9.13. The minimum atomic E-state index is 0.00296. The first kappa shape index (κ1) is 18.2. The van der Waals surface area contributed by atoms with Crippen molar-refractivity contribution in [3.05, 3.63) is 22.7 Å². The van der Waals surface area contributed by atoms with E-state index in [1.54, 1.807) is 0 Å². The normalized spacial score (nSPS) is 22.4. The molecule has 2 amide bonds. The molecule has 1 aromatic carbocycles. The van der Waals surface area contributed by atoms with Gasteiger partial charge in [-0.1, -0.05) is 18.5 Å². The van der Waals surface area contributed by atoms with Crippen LogP contribution in [0.15, 0.2) is 12.1 Å². The fourth-order valence-electron chi connectivity index (χ4n) is 3.54. The van der Waals surface area contributed by atoms with Crippen LogP contribution in [0, 0.1) is 5.92 Å². The van der Waals surface area contributed by atoms with Crippen LogP contribution in [0.3, 0.4) is 0 Å². The number of carbonyl (C=O) groups is 1. The van der Waals surface area contributed by atoms with Crippen molar-refractivity contribution in [3.8, 4) is 11.5 Å². The van der Waals surface area contributed by atoms with Gasteiger partial charge in [0.2, 0.25) is 0 Å². The Labute approximate surface area is 154 Å². The third-order valence-electron chi connectivity index (χ3n) is 5.20. The lowest BCUT2D eigenvalue weighted by molar-refractivity contribution is 0.164. The minimum Gasteiger partial charge on any atom is -0.486 e. The largest absolute Gasteiger partial charge is 0.486 e. The Morgan fingerprint density at radius 1 is 1.24 bits per heavy atom. The summed E-state index contributed by atoms with van der Waals surface area (Å²) >= 11 is 6.25. The molecule has 1 aliphatic heterocycles. The maximum absolute atomic E-state index is 12.4. The first-order valence-corrected chi connectivity index (χ1v) is 9.51. The number of amides is 2. The summed E-state index contributed by atoms with van der Waals surface area (Å²) in [7, 11) is 1.90. The predicted octanol–water partition coefficient (Wildman–Crippen LogP) is 3.87. The molecule has 1 fully saturated rings. The third kappa shape index (κ3) is 4.51. The minimum absolute atomic E-state index is 0.00296. The van der Waals surface area contributed by atoms with Gasteiger partial charge in [-0.3, -0.25) is 0 Å². The Bertz CT molecular complexity index is 615. The molecule has 0 saturated heterocycles. The molecule has 3 rings (SSSR count). The van der Waals surface area contributed by atoms with E-state index in [9.17, 15) is 4.79 Å². The van der Waals surface area contributed by atoms with E-state index in [1.165, 1.54) is 12.8 Å². The van der Waals surface area contributed by atoms with E-state index in [1.807, 2.05) is 24.1 Å². The van der Waals surface area contributed by atoms with Gasteiger partial charge in [0.25, 0.3) is 0 Å². The van der Waals surface area contributed by atoms with Crippen molar-refractivity contribution in [3.63, 3.8) is 0 Å². The summed E-state index contributed by atoms with van der Waals surface area (Å²) < 4.78 is 11.1. The van der Waals surface area contributed by atoms with Crippen LogP contribution in [0.2, 0.25) is 5.02 Å². The van der Waals surface area contributed by atoms with Crippen LogP contribution in [-0.4, -0.2) is 43.8 Å². The number of benzene rings is 1. The maximum atomic E-state index is 12.4. The topological polar surface area (TPSA) is 50.8 Å². The number of fused-ring (bicyclic) bond motifs is 1. The summed E-state index contributed by atoms with van der Waals surface area (Å²) in [4.78, 5) is 14.2. The molecule has 25 heavy (non-hydrogen) atoms. The van der Waals surface area contributed by atoms with Crippen molar-refractivity contribution in [2.75, 3.05) is 26.8 Å². The van der Waals surface area contributed by atoms with Gasteiger partial charge in [-0.15, -0.1) is 0 Å². The molecule has 138 valence electrons. The number of urea groups is 1. The van der Waals surface area contributed by atoms with E-state index in [-0.39, 0.29) is 6.03 Å². The molecule has 0 unspecified atom stereocenters. The van der Waals surface area contributed by atoms with Gasteiger partial charge in [-0.25, -0.2) is 4.79 Å². The molecule has 0 aromatic heterocycles. The lowest BCUT2D eigenvalue weighted by Gasteiger charge is -2.33. The molecule has 1 aromatic rings. The van der Waals surface area contributed by atoms with Crippen LogP contribution in [0.1, 0.15) is 38.2 Å². The van der Waals surface area contributed by atoms with Crippen LogP contribution < -0.4 is 14.8 Å². The number of ether oxygens (including phenoxy) is 2. The molecule has 1 saturated carbocycles. The number of hydrogen-bond acceptors (Lipinski definition) is 3. The maximum Gasteiger partial charge on any atom is 0.317 e. The van der Waals surface area contributed by atoms with Crippen LogP contribution >= 0.6 is 11.6 Å². The van der Waals surface area contributed by atoms with Crippen molar-refractivity contribution >= 4 is 17.6 Å². The van der Waals surface area contributed by atoms with E-state index < -0.39 is 0 Å². The summed E-state index contributed by atoms with van der Waals surface area (Å²) in [5, 5.41) is 3.57. The highest BCUT2D eigenvalue weighted by molar-refractivity contribution is 6.32. The summed E-state index contributed by atoms with van der Waals surface area (Å²) in [6.45, 7) is 3.92. The van der Waals surface area contributed by atoms with Crippen LogP contribution in [0.5, 0.6) is 11.5 Å². The fraction of sp³-hybridized carbons (Fsp3) is 0.632. The third-order valence-corrected chi connectivity index (χ3v) is 5.48. The highest BCUT2D eigenvalue weighted by atomic mass is 35.5. The van der Waals surface area contributed by atoms with Crippen molar-refractivity contribution in [2.24, 2.45) is 5.92 Å². The van der Waals surface area contributed by atoms with E-state index in [2.05, 4.69) is 12.2 Å². The van der Waals surface area contributed by atoms with Crippen LogP contribution in [0.4, 0.5) is 4.79 Å². The molecule has 0 spiro atoms. The number of nitrogens with one attached hydrogen (secondary N) is 1. The molecule has 1 N–H and O–H groups in total. The van der Waals surface area contributed by atoms with Gasteiger partial charge in [0.05, 0.1) is 5.02 Å². The second-order valence-electron chi connectivity index (χ2n) is 7.11. The Morgan fingerprint density at radius 3 is 2.72 bits per heavy atom. The Morgan fingerprint density at radius 2 is 1.96 bits per heavy atom. The Balaban J connectivity index is 1.49. The lowest BCUT2D eigenvalue weighted by atomic mass is 9.87. The van der Waals surface area contributed by atoms with Crippen LogP contribution in [0.25, 0.3) is 0 Å². The highest BCUT2D eigenvalue weighted by Gasteiger charge is 2.24. The van der Waals surface area contributed by atoms with E-state index in [0.29, 0.717) is 48.7 Å². The van der Waals surface area contributed by atoms with Crippen molar-refractivity contribution in [2.45, 2.75) is 45.1 Å². The predicted molar refractivity (Wildman–Crippen MR) is 98.7 cm³/mol. The number of nitrogens with zero attached hydrogens (tertiary/aromatic N) is 1.